The lowest BCUT2D eigenvalue weighted by Crippen LogP contribution is -2.19. The fourth-order valence-corrected chi connectivity index (χ4v) is 4.11. The number of aryl methyl sites for hydroxylation is 1. The summed E-state index contributed by atoms with van der Waals surface area (Å²) >= 11 is 0. The fourth-order valence-electron chi connectivity index (χ4n) is 2.76. The lowest BCUT2D eigenvalue weighted by molar-refractivity contribution is -0.139. The zero-order chi connectivity index (χ0) is 21.2. The Morgan fingerprint density at radius 1 is 1.03 bits per heavy atom. The van der Waals surface area contributed by atoms with Gasteiger partial charge in [0.2, 0.25) is 0 Å². The Labute approximate surface area is 165 Å². The number of nitrogens with one attached hydrogen (secondary N) is 1. The number of aliphatic hydroxyl groups is 1. The SMILES string of the molecule is Cc1ccc(C(O)c2ccccn2)cc1NS(=O)(=O)c1ccccc1C(F)(F)F. The summed E-state index contributed by atoms with van der Waals surface area (Å²) in [6.45, 7) is 1.60. The number of rotatable bonds is 5. The van der Waals surface area contributed by atoms with Crippen LogP contribution in [0.5, 0.6) is 0 Å². The third kappa shape index (κ3) is 4.57. The number of aliphatic hydroxyl groups excluding tert-OH is 1. The molecule has 1 aromatic heterocycles. The first-order chi connectivity index (χ1) is 13.6. The van der Waals surface area contributed by atoms with Gasteiger partial charge in [-0.1, -0.05) is 30.3 Å². The zero-order valence-electron chi connectivity index (χ0n) is 15.2. The van der Waals surface area contributed by atoms with Crippen molar-refractivity contribution in [2.75, 3.05) is 4.72 Å². The molecule has 0 spiro atoms. The van der Waals surface area contributed by atoms with Crippen LogP contribution in [0.4, 0.5) is 18.9 Å². The summed E-state index contributed by atoms with van der Waals surface area (Å²) < 4.78 is 67.2. The van der Waals surface area contributed by atoms with Crippen molar-refractivity contribution >= 4 is 15.7 Å². The van der Waals surface area contributed by atoms with E-state index in [-0.39, 0.29) is 5.69 Å². The molecule has 1 heterocycles. The van der Waals surface area contributed by atoms with E-state index in [1.807, 2.05) is 0 Å². The van der Waals surface area contributed by atoms with Gasteiger partial charge in [0.05, 0.1) is 21.8 Å². The molecule has 0 aliphatic rings. The Balaban J connectivity index is 1.99. The van der Waals surface area contributed by atoms with Crippen LogP contribution in [0.25, 0.3) is 0 Å². The number of aromatic nitrogens is 1. The second-order valence-electron chi connectivity index (χ2n) is 6.33. The Morgan fingerprint density at radius 2 is 1.72 bits per heavy atom. The number of pyridine rings is 1. The molecule has 5 nitrogen and oxygen atoms in total. The van der Waals surface area contributed by atoms with Crippen LogP contribution in [0.15, 0.2) is 71.8 Å². The van der Waals surface area contributed by atoms with Gasteiger partial charge < -0.3 is 5.11 Å². The van der Waals surface area contributed by atoms with Crippen LogP contribution in [-0.2, 0) is 16.2 Å². The number of benzene rings is 2. The molecule has 0 aliphatic heterocycles. The Morgan fingerprint density at radius 3 is 2.38 bits per heavy atom. The highest BCUT2D eigenvalue weighted by Gasteiger charge is 2.37. The van der Waals surface area contributed by atoms with Crippen LogP contribution >= 0.6 is 0 Å². The first-order valence-corrected chi connectivity index (χ1v) is 9.96. The Bertz CT molecular complexity index is 1120. The minimum Gasteiger partial charge on any atom is -0.382 e. The molecule has 152 valence electrons. The Kier molecular flexibility index (Phi) is 5.63. The van der Waals surface area contributed by atoms with Crippen molar-refractivity contribution in [3.05, 3.63) is 89.2 Å². The number of alkyl halides is 3. The molecule has 3 rings (SSSR count). The molecule has 2 N–H and O–H groups in total. The molecule has 0 saturated heterocycles. The van der Waals surface area contributed by atoms with Crippen LogP contribution in [0.2, 0.25) is 0 Å². The van der Waals surface area contributed by atoms with E-state index in [1.165, 1.54) is 18.3 Å². The van der Waals surface area contributed by atoms with Crippen LogP contribution in [-0.4, -0.2) is 18.5 Å². The lowest BCUT2D eigenvalue weighted by Gasteiger charge is -2.17. The number of hydrogen-bond acceptors (Lipinski definition) is 4. The Hall–Kier alpha value is -2.91. The van der Waals surface area contributed by atoms with Gasteiger partial charge in [-0.25, -0.2) is 8.42 Å². The maximum atomic E-state index is 13.2. The second-order valence-corrected chi connectivity index (χ2v) is 7.98. The average molecular weight is 422 g/mol. The highest BCUT2D eigenvalue weighted by Crippen LogP contribution is 2.35. The van der Waals surface area contributed by atoms with E-state index in [2.05, 4.69) is 9.71 Å². The number of anilines is 1. The molecule has 3 aromatic rings. The number of nitrogens with zero attached hydrogens (tertiary/aromatic N) is 1. The van der Waals surface area contributed by atoms with Gasteiger partial charge in [-0.3, -0.25) is 9.71 Å². The predicted molar refractivity (Wildman–Crippen MR) is 102 cm³/mol. The van der Waals surface area contributed by atoms with Gasteiger partial charge in [0, 0.05) is 6.20 Å². The number of hydrogen-bond donors (Lipinski definition) is 2. The summed E-state index contributed by atoms with van der Waals surface area (Å²) in [6.07, 6.45) is -4.44. The van der Waals surface area contributed by atoms with E-state index in [9.17, 15) is 26.7 Å². The summed E-state index contributed by atoms with van der Waals surface area (Å²) in [6, 6.07) is 13.5. The maximum absolute atomic E-state index is 13.2. The molecular weight excluding hydrogens is 405 g/mol. The highest BCUT2D eigenvalue weighted by molar-refractivity contribution is 7.92. The molecule has 2 aromatic carbocycles. The van der Waals surface area contributed by atoms with E-state index in [1.54, 1.807) is 37.3 Å². The first-order valence-electron chi connectivity index (χ1n) is 8.48. The lowest BCUT2D eigenvalue weighted by atomic mass is 10.0. The molecule has 1 atom stereocenters. The third-order valence-electron chi connectivity index (χ3n) is 4.27. The van der Waals surface area contributed by atoms with E-state index in [0.717, 1.165) is 12.1 Å². The standard InChI is InChI=1S/C20H17F3N2O3S/c1-13-9-10-14(19(26)16-7-4-5-11-24-16)12-17(13)25-29(27,28)18-8-3-2-6-15(18)20(21,22)23/h2-12,19,25-26H,1H3. The van der Waals surface area contributed by atoms with E-state index < -0.39 is 32.8 Å². The normalized spacial score (nSPS) is 13.1. The van der Waals surface area contributed by atoms with E-state index in [0.29, 0.717) is 22.9 Å². The molecule has 0 aliphatic carbocycles. The van der Waals surface area contributed by atoms with Crippen molar-refractivity contribution in [1.82, 2.24) is 4.98 Å². The topological polar surface area (TPSA) is 79.3 Å². The second kappa shape index (κ2) is 7.84. The summed E-state index contributed by atoms with van der Waals surface area (Å²) in [5.41, 5.74) is -0.0111. The molecule has 1 unspecified atom stereocenters. The third-order valence-corrected chi connectivity index (χ3v) is 5.70. The predicted octanol–water partition coefficient (Wildman–Crippen LogP) is 4.29. The van der Waals surface area contributed by atoms with Gasteiger partial charge in [0.1, 0.15) is 6.10 Å². The van der Waals surface area contributed by atoms with Crippen molar-refractivity contribution in [2.24, 2.45) is 0 Å². The van der Waals surface area contributed by atoms with Crippen LogP contribution in [0.1, 0.15) is 28.5 Å². The summed E-state index contributed by atoms with van der Waals surface area (Å²) in [4.78, 5) is 3.18. The van der Waals surface area contributed by atoms with Crippen molar-refractivity contribution < 1.29 is 26.7 Å². The fraction of sp³-hybridized carbons (Fsp3) is 0.150. The smallest absolute Gasteiger partial charge is 0.382 e. The van der Waals surface area contributed by atoms with Crippen molar-refractivity contribution in [2.45, 2.75) is 24.1 Å². The monoisotopic (exact) mass is 422 g/mol. The minimum absolute atomic E-state index is 0.0643. The number of halogens is 3. The van der Waals surface area contributed by atoms with Crippen molar-refractivity contribution in [3.63, 3.8) is 0 Å². The summed E-state index contributed by atoms with van der Waals surface area (Å²) in [5, 5.41) is 10.5. The van der Waals surface area contributed by atoms with Gasteiger partial charge >= 0.3 is 6.18 Å². The van der Waals surface area contributed by atoms with Gasteiger partial charge in [0.15, 0.2) is 0 Å². The van der Waals surface area contributed by atoms with Crippen LogP contribution in [0.3, 0.4) is 0 Å². The van der Waals surface area contributed by atoms with Crippen molar-refractivity contribution in [1.29, 1.82) is 0 Å². The quantitative estimate of drug-likeness (QED) is 0.643. The molecule has 9 heteroatoms. The van der Waals surface area contributed by atoms with Gasteiger partial charge in [-0.05, 0) is 48.4 Å². The van der Waals surface area contributed by atoms with Crippen LogP contribution in [0, 0.1) is 6.92 Å². The van der Waals surface area contributed by atoms with Crippen molar-refractivity contribution in [3.8, 4) is 0 Å². The molecule has 0 radical (unpaired) electrons. The summed E-state index contributed by atoms with van der Waals surface area (Å²) in [5.74, 6) is 0. The van der Waals surface area contributed by atoms with Crippen LogP contribution < -0.4 is 4.72 Å². The average Bonchev–Trinajstić information content (AvgIpc) is 2.69. The number of sulfonamides is 1. The van der Waals surface area contributed by atoms with Gasteiger partial charge in [-0.2, -0.15) is 13.2 Å². The van der Waals surface area contributed by atoms with Gasteiger partial charge in [0.25, 0.3) is 10.0 Å². The molecular formula is C20H17F3N2O3S. The van der Waals surface area contributed by atoms with E-state index >= 15 is 0 Å². The molecule has 0 fully saturated rings. The zero-order valence-corrected chi connectivity index (χ0v) is 16.0. The van der Waals surface area contributed by atoms with E-state index in [4.69, 9.17) is 0 Å². The molecule has 0 saturated carbocycles. The largest absolute Gasteiger partial charge is 0.417 e. The molecule has 0 bridgehead atoms. The first kappa shape index (κ1) is 20.8. The maximum Gasteiger partial charge on any atom is 0.417 e. The van der Waals surface area contributed by atoms with Gasteiger partial charge in [-0.15, -0.1) is 0 Å². The highest BCUT2D eigenvalue weighted by atomic mass is 32.2. The summed E-state index contributed by atoms with van der Waals surface area (Å²) in [7, 11) is -4.52. The molecule has 29 heavy (non-hydrogen) atoms. The minimum atomic E-state index is -4.82. The molecule has 0 amide bonds.